The molecule has 3 rings (SSSR count). The van der Waals surface area contributed by atoms with Gasteiger partial charge in [0.2, 0.25) is 0 Å². The molecule has 1 amide bonds. The highest BCUT2D eigenvalue weighted by molar-refractivity contribution is 5.68. The Morgan fingerprint density at radius 1 is 1.32 bits per heavy atom. The lowest BCUT2D eigenvalue weighted by Crippen LogP contribution is -2.52. The average Bonchev–Trinajstić information content (AvgIpc) is 2.67. The van der Waals surface area contributed by atoms with E-state index in [1.54, 1.807) is 0 Å². The van der Waals surface area contributed by atoms with Gasteiger partial charge in [0, 0.05) is 25.2 Å². The van der Waals surface area contributed by atoms with E-state index in [9.17, 15) is 18.0 Å². The first-order chi connectivity index (χ1) is 13.3. The minimum absolute atomic E-state index is 0.0352. The molecule has 0 unspecified atom stereocenters. The Kier molecular flexibility index (Phi) is 6.06. The van der Waals surface area contributed by atoms with Gasteiger partial charge in [0.05, 0.1) is 18.4 Å². The molecule has 0 spiro atoms. The zero-order chi connectivity index (χ0) is 20.1. The van der Waals surface area contributed by atoms with Crippen LogP contribution in [0.3, 0.4) is 0 Å². The molecule has 1 aromatic heterocycles. The molecule has 1 fully saturated rings. The average molecular weight is 393 g/mol. The van der Waals surface area contributed by atoms with E-state index in [4.69, 9.17) is 4.74 Å². The zero-order valence-corrected chi connectivity index (χ0v) is 15.5. The third kappa shape index (κ3) is 4.94. The van der Waals surface area contributed by atoms with Gasteiger partial charge in [0.1, 0.15) is 6.61 Å². The van der Waals surface area contributed by atoms with Crippen molar-refractivity contribution in [3.63, 3.8) is 0 Å². The maximum absolute atomic E-state index is 14.5. The predicted octanol–water partition coefficient (Wildman–Crippen LogP) is 4.24. The maximum Gasteiger partial charge on any atom is 0.410 e. The van der Waals surface area contributed by atoms with E-state index in [0.29, 0.717) is 0 Å². The Bertz CT molecular complexity index is 815. The fourth-order valence-corrected chi connectivity index (χ4v) is 3.07. The van der Waals surface area contributed by atoms with Crippen LogP contribution in [0.1, 0.15) is 17.5 Å². The SMILES string of the molecule is Cc1ccc(COC(=O)N2CC[C@@H](CNc3ccncc3F)C(F)(F)C2)cc1. The number of benzene rings is 1. The summed E-state index contributed by atoms with van der Waals surface area (Å²) < 4.78 is 47.7. The van der Waals surface area contributed by atoms with Crippen LogP contribution in [0.15, 0.2) is 42.7 Å². The van der Waals surface area contributed by atoms with Crippen LogP contribution in [0.5, 0.6) is 0 Å². The highest BCUT2D eigenvalue weighted by Gasteiger charge is 2.46. The van der Waals surface area contributed by atoms with E-state index in [1.807, 2.05) is 31.2 Å². The molecule has 0 saturated carbocycles. The summed E-state index contributed by atoms with van der Waals surface area (Å²) in [4.78, 5) is 16.8. The summed E-state index contributed by atoms with van der Waals surface area (Å²) in [6.45, 7) is 1.33. The number of hydrogen-bond donors (Lipinski definition) is 1. The minimum Gasteiger partial charge on any atom is -0.445 e. The topological polar surface area (TPSA) is 54.5 Å². The van der Waals surface area contributed by atoms with E-state index < -0.39 is 30.3 Å². The van der Waals surface area contributed by atoms with Gasteiger partial charge >= 0.3 is 6.09 Å². The normalized spacial score (nSPS) is 18.6. The number of nitrogens with one attached hydrogen (secondary N) is 1. The summed E-state index contributed by atoms with van der Waals surface area (Å²) in [5.41, 5.74) is 2.01. The van der Waals surface area contributed by atoms with Gasteiger partial charge in [0.25, 0.3) is 5.92 Å². The largest absolute Gasteiger partial charge is 0.445 e. The second kappa shape index (κ2) is 8.50. The van der Waals surface area contributed by atoms with Crippen molar-refractivity contribution in [3.8, 4) is 0 Å². The molecular formula is C20H22F3N3O2. The number of rotatable bonds is 5. The Labute approximate surface area is 161 Å². The second-order valence-corrected chi connectivity index (χ2v) is 6.94. The van der Waals surface area contributed by atoms with Crippen LogP contribution in [-0.2, 0) is 11.3 Å². The third-order valence-corrected chi connectivity index (χ3v) is 4.80. The van der Waals surface area contributed by atoms with Crippen LogP contribution >= 0.6 is 0 Å². The predicted molar refractivity (Wildman–Crippen MR) is 98.7 cm³/mol. The van der Waals surface area contributed by atoms with Crippen molar-refractivity contribution in [3.05, 3.63) is 59.7 Å². The number of nitrogens with zero attached hydrogens (tertiary/aromatic N) is 2. The van der Waals surface area contributed by atoms with Crippen LogP contribution in [0.4, 0.5) is 23.7 Å². The first kappa shape index (κ1) is 20.0. The van der Waals surface area contributed by atoms with Gasteiger partial charge < -0.3 is 15.0 Å². The molecule has 1 aliphatic heterocycles. The number of aromatic nitrogens is 1. The van der Waals surface area contributed by atoms with Gasteiger partial charge in [-0.15, -0.1) is 0 Å². The van der Waals surface area contributed by atoms with E-state index in [0.717, 1.165) is 22.2 Å². The monoisotopic (exact) mass is 393 g/mol. The first-order valence-electron chi connectivity index (χ1n) is 9.03. The van der Waals surface area contributed by atoms with E-state index >= 15 is 0 Å². The summed E-state index contributed by atoms with van der Waals surface area (Å²) in [5, 5.41) is 2.70. The third-order valence-electron chi connectivity index (χ3n) is 4.80. The second-order valence-electron chi connectivity index (χ2n) is 6.94. The first-order valence-corrected chi connectivity index (χ1v) is 9.03. The van der Waals surface area contributed by atoms with Crippen LogP contribution in [-0.4, -0.2) is 41.5 Å². The molecule has 1 aromatic carbocycles. The molecule has 8 heteroatoms. The fraction of sp³-hybridized carbons (Fsp3) is 0.400. The molecule has 1 atom stereocenters. The van der Waals surface area contributed by atoms with Crippen molar-refractivity contribution in [1.29, 1.82) is 0 Å². The van der Waals surface area contributed by atoms with Crippen molar-refractivity contribution in [1.82, 2.24) is 9.88 Å². The number of carbonyl (C=O) groups is 1. The van der Waals surface area contributed by atoms with Gasteiger partial charge in [-0.1, -0.05) is 29.8 Å². The number of anilines is 1. The van der Waals surface area contributed by atoms with Crippen molar-refractivity contribution in [2.45, 2.75) is 25.9 Å². The lowest BCUT2D eigenvalue weighted by molar-refractivity contribution is -0.101. The minimum atomic E-state index is -3.10. The Morgan fingerprint density at radius 2 is 2.07 bits per heavy atom. The van der Waals surface area contributed by atoms with Gasteiger partial charge in [-0.25, -0.2) is 18.0 Å². The molecule has 1 saturated heterocycles. The van der Waals surface area contributed by atoms with Crippen LogP contribution < -0.4 is 5.32 Å². The summed E-state index contributed by atoms with van der Waals surface area (Å²) >= 11 is 0. The van der Waals surface area contributed by atoms with Crippen LogP contribution in [0.25, 0.3) is 0 Å². The number of aryl methyl sites for hydroxylation is 1. The van der Waals surface area contributed by atoms with Crippen LogP contribution in [0, 0.1) is 18.7 Å². The molecule has 0 radical (unpaired) electrons. The lowest BCUT2D eigenvalue weighted by atomic mass is 9.93. The number of carbonyl (C=O) groups excluding carboxylic acids is 1. The summed E-state index contributed by atoms with van der Waals surface area (Å²) in [6, 6.07) is 8.83. The van der Waals surface area contributed by atoms with Crippen LogP contribution in [0.2, 0.25) is 0 Å². The zero-order valence-electron chi connectivity index (χ0n) is 15.5. The number of ether oxygens (including phenoxy) is 1. The van der Waals surface area contributed by atoms with Gasteiger partial charge in [-0.05, 0) is 25.0 Å². The Balaban J connectivity index is 1.51. The number of alkyl halides is 2. The summed E-state index contributed by atoms with van der Waals surface area (Å²) in [5.74, 6) is -4.71. The standard InChI is InChI=1S/C20H22F3N3O2/c1-14-2-4-15(5-3-14)12-28-19(27)26-9-7-16(20(22,23)13-26)10-25-18-6-8-24-11-17(18)21/h2-6,8,11,16H,7,9-10,12-13H2,1H3,(H,24,25)/t16-/m0/s1. The van der Waals surface area contributed by atoms with Crippen molar-refractivity contribution in [2.75, 3.05) is 25.0 Å². The van der Waals surface area contributed by atoms with E-state index in [1.165, 1.54) is 12.3 Å². The molecular weight excluding hydrogens is 371 g/mol. The number of hydrogen-bond acceptors (Lipinski definition) is 4. The molecule has 1 N–H and O–H groups in total. The van der Waals surface area contributed by atoms with Crippen molar-refractivity contribution in [2.24, 2.45) is 5.92 Å². The smallest absolute Gasteiger partial charge is 0.410 e. The number of piperidine rings is 1. The Morgan fingerprint density at radius 3 is 2.75 bits per heavy atom. The van der Waals surface area contributed by atoms with Gasteiger partial charge in [-0.2, -0.15) is 0 Å². The van der Waals surface area contributed by atoms with Crippen molar-refractivity contribution >= 4 is 11.8 Å². The number of halogens is 3. The number of amides is 1. The molecule has 0 bridgehead atoms. The van der Waals surface area contributed by atoms with Gasteiger partial charge in [0.15, 0.2) is 5.82 Å². The highest BCUT2D eigenvalue weighted by atomic mass is 19.3. The van der Waals surface area contributed by atoms with Crippen molar-refractivity contribution < 1.29 is 22.7 Å². The molecule has 0 aliphatic carbocycles. The summed E-state index contributed by atoms with van der Waals surface area (Å²) in [6.07, 6.45) is 1.74. The quantitative estimate of drug-likeness (QED) is 0.826. The van der Waals surface area contributed by atoms with E-state index in [2.05, 4.69) is 10.3 Å². The number of likely N-dealkylation sites (tertiary alicyclic amines) is 1. The van der Waals surface area contributed by atoms with Gasteiger partial charge in [-0.3, -0.25) is 4.98 Å². The molecule has 150 valence electrons. The fourth-order valence-electron chi connectivity index (χ4n) is 3.07. The molecule has 1 aliphatic rings. The number of pyridine rings is 1. The maximum atomic E-state index is 14.5. The highest BCUT2D eigenvalue weighted by Crippen LogP contribution is 2.33. The summed E-state index contributed by atoms with van der Waals surface area (Å²) in [7, 11) is 0. The van der Waals surface area contributed by atoms with E-state index in [-0.39, 0.29) is 31.8 Å². The lowest BCUT2D eigenvalue weighted by Gasteiger charge is -2.37. The molecule has 2 aromatic rings. The molecule has 28 heavy (non-hydrogen) atoms. The Hall–Kier alpha value is -2.77. The molecule has 5 nitrogen and oxygen atoms in total. The molecule has 2 heterocycles.